The number of aromatic nitrogens is 3. The zero-order valence-corrected chi connectivity index (χ0v) is 17.8. The molecule has 30 heavy (non-hydrogen) atoms. The van der Waals surface area contributed by atoms with E-state index in [0.29, 0.717) is 23.1 Å². The second-order valence-electron chi connectivity index (χ2n) is 6.68. The summed E-state index contributed by atoms with van der Waals surface area (Å²) in [6.45, 7) is 2.88. The van der Waals surface area contributed by atoms with E-state index >= 15 is 0 Å². The molecule has 0 aliphatic heterocycles. The highest BCUT2D eigenvalue weighted by atomic mass is 35.5. The van der Waals surface area contributed by atoms with Crippen molar-refractivity contribution in [3.8, 4) is 5.75 Å². The summed E-state index contributed by atoms with van der Waals surface area (Å²) in [5.74, 6) is 0.832. The SMILES string of the molecule is Cc1ccccc1OCc1csc(C(=O)Nc2ncn(Cc3ccccc3Cl)n2)c1. The second-order valence-corrected chi connectivity index (χ2v) is 8.00. The summed E-state index contributed by atoms with van der Waals surface area (Å²) in [6, 6.07) is 17.2. The monoisotopic (exact) mass is 438 g/mol. The van der Waals surface area contributed by atoms with E-state index in [1.807, 2.05) is 66.9 Å². The summed E-state index contributed by atoms with van der Waals surface area (Å²) in [6.07, 6.45) is 1.56. The third-order valence-electron chi connectivity index (χ3n) is 4.42. The van der Waals surface area contributed by atoms with Crippen molar-refractivity contribution in [1.29, 1.82) is 0 Å². The van der Waals surface area contributed by atoms with Gasteiger partial charge >= 0.3 is 0 Å². The van der Waals surface area contributed by atoms with Gasteiger partial charge in [0.1, 0.15) is 18.7 Å². The van der Waals surface area contributed by atoms with Gasteiger partial charge in [0.25, 0.3) is 5.91 Å². The van der Waals surface area contributed by atoms with Crippen molar-refractivity contribution in [2.75, 3.05) is 5.32 Å². The number of halogens is 1. The van der Waals surface area contributed by atoms with Crippen molar-refractivity contribution in [3.05, 3.63) is 92.9 Å². The summed E-state index contributed by atoms with van der Waals surface area (Å²) < 4.78 is 7.47. The molecule has 2 aromatic heterocycles. The summed E-state index contributed by atoms with van der Waals surface area (Å²) in [5, 5.41) is 9.61. The number of thiophene rings is 1. The summed E-state index contributed by atoms with van der Waals surface area (Å²) in [4.78, 5) is 17.3. The Morgan fingerprint density at radius 1 is 1.20 bits per heavy atom. The minimum absolute atomic E-state index is 0.248. The van der Waals surface area contributed by atoms with E-state index in [9.17, 15) is 4.79 Å². The van der Waals surface area contributed by atoms with Crippen molar-refractivity contribution < 1.29 is 9.53 Å². The second kappa shape index (κ2) is 9.11. The first-order valence-corrected chi connectivity index (χ1v) is 10.5. The van der Waals surface area contributed by atoms with E-state index in [2.05, 4.69) is 15.4 Å². The van der Waals surface area contributed by atoms with E-state index in [4.69, 9.17) is 16.3 Å². The lowest BCUT2D eigenvalue weighted by atomic mass is 10.2. The largest absolute Gasteiger partial charge is 0.489 e. The van der Waals surface area contributed by atoms with E-state index < -0.39 is 0 Å². The van der Waals surface area contributed by atoms with E-state index in [1.165, 1.54) is 11.3 Å². The number of benzene rings is 2. The predicted octanol–water partition coefficient (Wildman–Crippen LogP) is 5.18. The maximum Gasteiger partial charge on any atom is 0.268 e. The zero-order chi connectivity index (χ0) is 20.9. The molecule has 0 radical (unpaired) electrons. The van der Waals surface area contributed by atoms with Crippen LogP contribution in [0.5, 0.6) is 5.75 Å². The van der Waals surface area contributed by atoms with Crippen LogP contribution in [0.2, 0.25) is 5.02 Å². The van der Waals surface area contributed by atoms with Crippen molar-refractivity contribution in [2.24, 2.45) is 0 Å². The van der Waals surface area contributed by atoms with Crippen LogP contribution in [0, 0.1) is 6.92 Å². The number of ether oxygens (including phenoxy) is 1. The highest BCUT2D eigenvalue weighted by Crippen LogP contribution is 2.21. The number of nitrogens with one attached hydrogen (secondary N) is 1. The maximum absolute atomic E-state index is 12.5. The Morgan fingerprint density at radius 3 is 2.83 bits per heavy atom. The Labute approximate surface area is 183 Å². The number of para-hydroxylation sites is 1. The molecule has 0 fully saturated rings. The molecule has 1 N–H and O–H groups in total. The van der Waals surface area contributed by atoms with Gasteiger partial charge in [-0.15, -0.1) is 16.4 Å². The fourth-order valence-corrected chi connectivity index (χ4v) is 3.83. The molecule has 0 atom stereocenters. The van der Waals surface area contributed by atoms with Crippen molar-refractivity contribution in [1.82, 2.24) is 14.8 Å². The van der Waals surface area contributed by atoms with Gasteiger partial charge in [-0.2, -0.15) is 0 Å². The predicted molar refractivity (Wildman–Crippen MR) is 118 cm³/mol. The van der Waals surface area contributed by atoms with Gasteiger partial charge in [0.15, 0.2) is 0 Å². The fourth-order valence-electron chi connectivity index (χ4n) is 2.84. The Balaban J connectivity index is 1.35. The van der Waals surface area contributed by atoms with E-state index in [1.54, 1.807) is 11.0 Å². The Kier molecular flexibility index (Phi) is 6.11. The molecule has 6 nitrogen and oxygen atoms in total. The summed E-state index contributed by atoms with van der Waals surface area (Å²) >= 11 is 7.54. The first kappa shape index (κ1) is 20.1. The van der Waals surface area contributed by atoms with Crippen LogP contribution in [0.15, 0.2) is 66.3 Å². The molecule has 0 unspecified atom stereocenters. The van der Waals surface area contributed by atoms with Crippen LogP contribution in [0.1, 0.15) is 26.4 Å². The molecule has 152 valence electrons. The molecular formula is C22H19ClN4O2S. The number of hydrogen-bond donors (Lipinski definition) is 1. The Hall–Kier alpha value is -3.16. The van der Waals surface area contributed by atoms with Crippen LogP contribution in [0.3, 0.4) is 0 Å². The van der Waals surface area contributed by atoms with Crippen molar-refractivity contribution in [2.45, 2.75) is 20.1 Å². The number of carbonyl (C=O) groups excluding carboxylic acids is 1. The van der Waals surface area contributed by atoms with Crippen LogP contribution in [-0.4, -0.2) is 20.7 Å². The van der Waals surface area contributed by atoms with Gasteiger partial charge in [0.2, 0.25) is 5.95 Å². The van der Waals surface area contributed by atoms with Crippen LogP contribution < -0.4 is 10.1 Å². The minimum Gasteiger partial charge on any atom is -0.489 e. The molecule has 1 amide bonds. The smallest absolute Gasteiger partial charge is 0.268 e. The standard InChI is InChI=1S/C22H19ClN4O2S/c1-15-6-2-5-9-19(15)29-12-16-10-20(30-13-16)21(28)25-22-24-14-27(26-22)11-17-7-3-4-8-18(17)23/h2-10,13-14H,11-12H2,1H3,(H,25,26,28). The quantitative estimate of drug-likeness (QED) is 0.431. The highest BCUT2D eigenvalue weighted by Gasteiger charge is 2.13. The molecule has 2 aromatic carbocycles. The molecule has 0 aliphatic carbocycles. The molecule has 0 saturated heterocycles. The number of aryl methyl sites for hydroxylation is 1. The molecule has 2 heterocycles. The van der Waals surface area contributed by atoms with Gasteiger partial charge in [-0.05, 0) is 41.6 Å². The Morgan fingerprint density at radius 2 is 2.00 bits per heavy atom. The molecule has 8 heteroatoms. The minimum atomic E-state index is -0.252. The topological polar surface area (TPSA) is 69.0 Å². The van der Waals surface area contributed by atoms with Crippen LogP contribution in [-0.2, 0) is 13.2 Å². The van der Waals surface area contributed by atoms with Crippen LogP contribution >= 0.6 is 22.9 Å². The average Bonchev–Trinajstić information content (AvgIpc) is 3.39. The van der Waals surface area contributed by atoms with E-state index in [0.717, 1.165) is 22.4 Å². The van der Waals surface area contributed by atoms with Gasteiger partial charge in [-0.3, -0.25) is 10.1 Å². The fraction of sp³-hybridized carbons (Fsp3) is 0.136. The lowest BCUT2D eigenvalue weighted by Crippen LogP contribution is -2.12. The van der Waals surface area contributed by atoms with E-state index in [-0.39, 0.29) is 11.9 Å². The van der Waals surface area contributed by atoms with Gasteiger partial charge < -0.3 is 4.74 Å². The number of nitrogens with zero attached hydrogens (tertiary/aromatic N) is 3. The highest BCUT2D eigenvalue weighted by molar-refractivity contribution is 7.12. The number of rotatable bonds is 7. The van der Waals surface area contributed by atoms with Crippen molar-refractivity contribution >= 4 is 34.8 Å². The molecule has 0 spiro atoms. The lowest BCUT2D eigenvalue weighted by Gasteiger charge is -2.07. The van der Waals surface area contributed by atoms with Gasteiger partial charge in [-0.25, -0.2) is 9.67 Å². The summed E-state index contributed by atoms with van der Waals surface area (Å²) in [7, 11) is 0. The zero-order valence-electron chi connectivity index (χ0n) is 16.2. The molecule has 4 rings (SSSR count). The number of carbonyl (C=O) groups is 1. The molecular weight excluding hydrogens is 420 g/mol. The lowest BCUT2D eigenvalue weighted by molar-refractivity contribution is 0.102. The first-order valence-electron chi connectivity index (χ1n) is 9.28. The maximum atomic E-state index is 12.5. The number of anilines is 1. The molecule has 0 bridgehead atoms. The summed E-state index contributed by atoms with van der Waals surface area (Å²) in [5.41, 5.74) is 2.94. The van der Waals surface area contributed by atoms with Crippen LogP contribution in [0.25, 0.3) is 0 Å². The van der Waals surface area contributed by atoms with Crippen molar-refractivity contribution in [3.63, 3.8) is 0 Å². The Bertz CT molecular complexity index is 1170. The van der Waals surface area contributed by atoms with Gasteiger partial charge in [0.05, 0.1) is 11.4 Å². The third kappa shape index (κ3) is 4.87. The third-order valence-corrected chi connectivity index (χ3v) is 5.76. The normalized spacial score (nSPS) is 10.7. The number of hydrogen-bond acceptors (Lipinski definition) is 5. The number of amides is 1. The molecule has 4 aromatic rings. The first-order chi connectivity index (χ1) is 14.6. The average molecular weight is 439 g/mol. The molecule has 0 aliphatic rings. The van der Waals surface area contributed by atoms with Gasteiger partial charge in [0, 0.05) is 10.6 Å². The van der Waals surface area contributed by atoms with Gasteiger partial charge in [-0.1, -0.05) is 48.0 Å². The van der Waals surface area contributed by atoms with Crippen LogP contribution in [0.4, 0.5) is 5.95 Å². The molecule has 0 saturated carbocycles.